The summed E-state index contributed by atoms with van der Waals surface area (Å²) < 4.78 is 7.56. The molecule has 0 aliphatic heterocycles. The molecule has 0 bridgehead atoms. The van der Waals surface area contributed by atoms with Gasteiger partial charge in [0.2, 0.25) is 0 Å². The van der Waals surface area contributed by atoms with Crippen molar-refractivity contribution >= 4 is 31.9 Å². The standard InChI is InChI=1S/C12H16Br2N2O/c13-10-5-11(14)12(16-6-10)7-15-3-4-17-8-9-1-2-9/h5-6,9,15H,1-4,7-8H2. The van der Waals surface area contributed by atoms with Crippen LogP contribution >= 0.6 is 31.9 Å². The van der Waals surface area contributed by atoms with E-state index >= 15 is 0 Å². The number of ether oxygens (including phenoxy) is 1. The molecule has 0 amide bonds. The molecular weight excluding hydrogens is 348 g/mol. The number of pyridine rings is 1. The second-order valence-electron chi connectivity index (χ2n) is 4.28. The highest BCUT2D eigenvalue weighted by atomic mass is 79.9. The van der Waals surface area contributed by atoms with Crippen LogP contribution in [0.15, 0.2) is 21.2 Å². The molecule has 0 radical (unpaired) electrons. The molecule has 17 heavy (non-hydrogen) atoms. The fourth-order valence-corrected chi connectivity index (χ4v) is 2.59. The predicted molar refractivity (Wildman–Crippen MR) is 74.9 cm³/mol. The molecule has 5 heteroatoms. The number of hydrogen-bond acceptors (Lipinski definition) is 3. The summed E-state index contributed by atoms with van der Waals surface area (Å²) in [6.45, 7) is 3.35. The molecule has 0 aromatic carbocycles. The predicted octanol–water partition coefficient (Wildman–Crippen LogP) is 3.12. The van der Waals surface area contributed by atoms with Gasteiger partial charge in [0.25, 0.3) is 0 Å². The molecule has 1 aromatic rings. The summed E-state index contributed by atoms with van der Waals surface area (Å²) in [5, 5.41) is 3.32. The summed E-state index contributed by atoms with van der Waals surface area (Å²) in [5.41, 5.74) is 1.02. The average Bonchev–Trinajstić information content (AvgIpc) is 3.09. The van der Waals surface area contributed by atoms with E-state index in [1.165, 1.54) is 12.8 Å². The molecule has 1 fully saturated rings. The third-order valence-corrected chi connectivity index (χ3v) is 3.77. The van der Waals surface area contributed by atoms with Crippen molar-refractivity contribution < 1.29 is 4.74 Å². The Hall–Kier alpha value is 0.0300. The summed E-state index contributed by atoms with van der Waals surface area (Å²) in [7, 11) is 0. The summed E-state index contributed by atoms with van der Waals surface area (Å²) in [5.74, 6) is 0.845. The van der Waals surface area contributed by atoms with Crippen LogP contribution in [-0.4, -0.2) is 24.7 Å². The van der Waals surface area contributed by atoms with Crippen molar-refractivity contribution in [3.8, 4) is 0 Å². The van der Waals surface area contributed by atoms with Gasteiger partial charge in [0.15, 0.2) is 0 Å². The lowest BCUT2D eigenvalue weighted by Crippen LogP contribution is -2.20. The monoisotopic (exact) mass is 362 g/mol. The van der Waals surface area contributed by atoms with E-state index in [9.17, 15) is 0 Å². The van der Waals surface area contributed by atoms with Crippen molar-refractivity contribution in [1.82, 2.24) is 10.3 Å². The van der Waals surface area contributed by atoms with E-state index in [4.69, 9.17) is 4.74 Å². The van der Waals surface area contributed by atoms with E-state index in [-0.39, 0.29) is 0 Å². The van der Waals surface area contributed by atoms with Gasteiger partial charge in [0, 0.05) is 34.8 Å². The quantitative estimate of drug-likeness (QED) is 0.755. The van der Waals surface area contributed by atoms with Crippen molar-refractivity contribution in [1.29, 1.82) is 0 Å². The van der Waals surface area contributed by atoms with E-state index < -0.39 is 0 Å². The van der Waals surface area contributed by atoms with Gasteiger partial charge in [-0.05, 0) is 56.7 Å². The molecule has 1 heterocycles. The Morgan fingerprint density at radius 3 is 2.94 bits per heavy atom. The third kappa shape index (κ3) is 5.04. The van der Waals surface area contributed by atoms with E-state index in [1.54, 1.807) is 0 Å². The Morgan fingerprint density at radius 2 is 2.24 bits per heavy atom. The minimum absolute atomic E-state index is 0.765. The second-order valence-corrected chi connectivity index (χ2v) is 6.05. The van der Waals surface area contributed by atoms with Crippen LogP contribution in [0.4, 0.5) is 0 Å². The average molecular weight is 364 g/mol. The van der Waals surface area contributed by atoms with Crippen LogP contribution in [0, 0.1) is 5.92 Å². The van der Waals surface area contributed by atoms with E-state index in [0.717, 1.165) is 46.9 Å². The first-order valence-electron chi connectivity index (χ1n) is 5.84. The minimum Gasteiger partial charge on any atom is -0.380 e. The van der Waals surface area contributed by atoms with Gasteiger partial charge in [-0.3, -0.25) is 4.98 Å². The lowest BCUT2D eigenvalue weighted by Gasteiger charge is -2.07. The topological polar surface area (TPSA) is 34.2 Å². The zero-order valence-corrected chi connectivity index (χ0v) is 12.8. The molecule has 0 atom stereocenters. The van der Waals surface area contributed by atoms with E-state index in [0.29, 0.717) is 0 Å². The fourth-order valence-electron chi connectivity index (χ4n) is 1.46. The first-order valence-corrected chi connectivity index (χ1v) is 7.42. The molecule has 94 valence electrons. The van der Waals surface area contributed by atoms with Gasteiger partial charge in [0.05, 0.1) is 12.3 Å². The van der Waals surface area contributed by atoms with Crippen molar-refractivity contribution in [2.45, 2.75) is 19.4 Å². The van der Waals surface area contributed by atoms with Crippen LogP contribution < -0.4 is 5.32 Å². The van der Waals surface area contributed by atoms with E-state index in [2.05, 4.69) is 42.2 Å². The lowest BCUT2D eigenvalue weighted by atomic mass is 10.3. The Kier molecular flexibility index (Phi) is 5.41. The van der Waals surface area contributed by atoms with Crippen LogP contribution in [0.5, 0.6) is 0 Å². The molecule has 3 nitrogen and oxygen atoms in total. The van der Waals surface area contributed by atoms with Gasteiger partial charge >= 0.3 is 0 Å². The van der Waals surface area contributed by atoms with Gasteiger partial charge < -0.3 is 10.1 Å². The molecule has 1 aromatic heterocycles. The molecule has 0 unspecified atom stereocenters. The summed E-state index contributed by atoms with van der Waals surface area (Å²) in [6.07, 6.45) is 4.51. The molecule has 1 saturated carbocycles. The maximum absolute atomic E-state index is 5.54. The zero-order valence-electron chi connectivity index (χ0n) is 9.59. The Balaban J connectivity index is 1.60. The Labute approximate surface area is 119 Å². The summed E-state index contributed by atoms with van der Waals surface area (Å²) >= 11 is 6.88. The largest absolute Gasteiger partial charge is 0.380 e. The highest BCUT2D eigenvalue weighted by Crippen LogP contribution is 2.28. The highest BCUT2D eigenvalue weighted by Gasteiger charge is 2.20. The van der Waals surface area contributed by atoms with Gasteiger partial charge in [-0.15, -0.1) is 0 Å². The molecule has 1 aliphatic rings. The van der Waals surface area contributed by atoms with Crippen LogP contribution in [0.2, 0.25) is 0 Å². The number of aromatic nitrogens is 1. The number of nitrogens with zero attached hydrogens (tertiary/aromatic N) is 1. The first kappa shape index (κ1) is 13.5. The molecule has 1 aliphatic carbocycles. The Morgan fingerprint density at radius 1 is 1.41 bits per heavy atom. The van der Waals surface area contributed by atoms with Crippen molar-refractivity contribution in [2.24, 2.45) is 5.92 Å². The molecule has 0 spiro atoms. The van der Waals surface area contributed by atoms with Crippen LogP contribution in [-0.2, 0) is 11.3 Å². The SMILES string of the molecule is Brc1cnc(CNCCOCC2CC2)c(Br)c1. The third-order valence-electron chi connectivity index (χ3n) is 2.65. The van der Waals surface area contributed by atoms with Crippen LogP contribution in [0.25, 0.3) is 0 Å². The maximum Gasteiger partial charge on any atom is 0.0684 e. The molecular formula is C12H16Br2N2O. The first-order chi connectivity index (χ1) is 8.25. The van der Waals surface area contributed by atoms with Gasteiger partial charge in [-0.2, -0.15) is 0 Å². The number of hydrogen-bond donors (Lipinski definition) is 1. The molecule has 1 N–H and O–H groups in total. The smallest absolute Gasteiger partial charge is 0.0684 e. The number of rotatable bonds is 7. The zero-order chi connectivity index (χ0) is 12.1. The molecule has 0 saturated heterocycles. The minimum atomic E-state index is 0.765. The second kappa shape index (κ2) is 6.83. The van der Waals surface area contributed by atoms with Gasteiger partial charge in [0.1, 0.15) is 0 Å². The number of nitrogens with one attached hydrogen (secondary N) is 1. The summed E-state index contributed by atoms with van der Waals surface area (Å²) in [4.78, 5) is 4.34. The van der Waals surface area contributed by atoms with Crippen LogP contribution in [0.1, 0.15) is 18.5 Å². The van der Waals surface area contributed by atoms with Crippen LogP contribution in [0.3, 0.4) is 0 Å². The van der Waals surface area contributed by atoms with Crippen molar-refractivity contribution in [3.05, 3.63) is 26.9 Å². The van der Waals surface area contributed by atoms with Crippen molar-refractivity contribution in [2.75, 3.05) is 19.8 Å². The normalized spacial score (nSPS) is 15.2. The Bertz CT molecular complexity index is 370. The van der Waals surface area contributed by atoms with E-state index in [1.807, 2.05) is 12.3 Å². The van der Waals surface area contributed by atoms with Gasteiger partial charge in [-0.25, -0.2) is 0 Å². The van der Waals surface area contributed by atoms with Crippen molar-refractivity contribution in [3.63, 3.8) is 0 Å². The lowest BCUT2D eigenvalue weighted by molar-refractivity contribution is 0.126. The highest BCUT2D eigenvalue weighted by molar-refractivity contribution is 9.11. The fraction of sp³-hybridized carbons (Fsp3) is 0.583. The number of halogens is 2. The summed E-state index contributed by atoms with van der Waals surface area (Å²) in [6, 6.07) is 2.01. The van der Waals surface area contributed by atoms with Gasteiger partial charge in [-0.1, -0.05) is 0 Å². The molecule has 2 rings (SSSR count). The maximum atomic E-state index is 5.54.